The Morgan fingerprint density at radius 1 is 0.968 bits per heavy atom. The Bertz CT molecular complexity index is 1570. The zero-order valence-corrected chi connectivity index (χ0v) is 16.0. The van der Waals surface area contributed by atoms with Crippen LogP contribution in [0.4, 0.5) is 14.6 Å². The van der Waals surface area contributed by atoms with Gasteiger partial charge in [0.1, 0.15) is 17.4 Å². The second kappa shape index (κ2) is 6.91. The molecule has 3 aromatic carbocycles. The highest BCUT2D eigenvalue weighted by atomic mass is 19.1. The highest BCUT2D eigenvalue weighted by Crippen LogP contribution is 2.27. The molecular weight excluding hydrogens is 406 g/mol. The second-order valence-corrected chi connectivity index (χ2v) is 6.96. The van der Waals surface area contributed by atoms with Gasteiger partial charge in [-0.3, -0.25) is 14.7 Å². The molecule has 0 aliphatic carbocycles. The third-order valence-corrected chi connectivity index (χ3v) is 5.08. The molecule has 3 N–H and O–H groups in total. The van der Waals surface area contributed by atoms with Gasteiger partial charge in [0, 0.05) is 21.7 Å². The average molecular weight is 420 g/mol. The van der Waals surface area contributed by atoms with E-state index in [1.54, 1.807) is 18.2 Å². The number of methoxy groups -OCH3 is 1. The van der Waals surface area contributed by atoms with Crippen LogP contribution >= 0.6 is 0 Å². The Balaban J connectivity index is 1.66. The van der Waals surface area contributed by atoms with E-state index in [0.717, 1.165) is 18.2 Å². The van der Waals surface area contributed by atoms with Crippen LogP contribution in [0, 0.1) is 11.6 Å². The number of nitrogens with one attached hydrogen (secondary N) is 3. The van der Waals surface area contributed by atoms with E-state index in [2.05, 4.69) is 20.5 Å². The van der Waals surface area contributed by atoms with Crippen molar-refractivity contribution in [2.45, 2.75) is 0 Å². The number of aromatic nitrogens is 3. The first kappa shape index (κ1) is 18.7. The number of halogens is 2. The summed E-state index contributed by atoms with van der Waals surface area (Å²) in [4.78, 5) is 28.8. The monoisotopic (exact) mass is 420 g/mol. The maximum Gasteiger partial charge on any atom is 0.259 e. The molecule has 0 atom stereocenters. The lowest BCUT2D eigenvalue weighted by Crippen LogP contribution is -2.16. The SMILES string of the molecule is COc1ccc2[nH]nc(NC(=O)c3cc(F)cc4c(=O)c5cc(F)ccc5[nH]c34)c2c1. The first-order valence-electron chi connectivity index (χ1n) is 9.23. The lowest BCUT2D eigenvalue weighted by atomic mass is 10.1. The summed E-state index contributed by atoms with van der Waals surface area (Å²) in [6.07, 6.45) is 0. The molecule has 0 unspecified atom stereocenters. The molecule has 7 nitrogen and oxygen atoms in total. The number of benzene rings is 3. The fourth-order valence-electron chi connectivity index (χ4n) is 3.58. The minimum Gasteiger partial charge on any atom is -0.497 e. The van der Waals surface area contributed by atoms with E-state index >= 15 is 0 Å². The number of aromatic amines is 2. The minimum atomic E-state index is -0.771. The molecule has 5 aromatic rings. The number of nitrogens with zero attached hydrogens (tertiary/aromatic N) is 1. The van der Waals surface area contributed by atoms with E-state index < -0.39 is 23.0 Å². The smallest absolute Gasteiger partial charge is 0.259 e. The van der Waals surface area contributed by atoms with Gasteiger partial charge in [-0.2, -0.15) is 5.10 Å². The molecule has 2 aromatic heterocycles. The average Bonchev–Trinajstić information content (AvgIpc) is 3.16. The third kappa shape index (κ3) is 3.07. The number of fused-ring (bicyclic) bond motifs is 3. The van der Waals surface area contributed by atoms with Crippen LogP contribution in [0.15, 0.2) is 53.3 Å². The molecule has 0 bridgehead atoms. The van der Waals surface area contributed by atoms with E-state index in [-0.39, 0.29) is 27.7 Å². The van der Waals surface area contributed by atoms with E-state index in [4.69, 9.17) is 4.74 Å². The zero-order chi connectivity index (χ0) is 21.7. The van der Waals surface area contributed by atoms with Crippen molar-refractivity contribution in [2.24, 2.45) is 0 Å². The molecule has 9 heteroatoms. The van der Waals surface area contributed by atoms with Crippen molar-refractivity contribution >= 4 is 44.4 Å². The van der Waals surface area contributed by atoms with Crippen molar-refractivity contribution < 1.29 is 18.3 Å². The number of hydrogen-bond acceptors (Lipinski definition) is 4. The standard InChI is InChI=1S/C22H14F2N4O3/c1-31-12-3-5-18-14(9-12)21(28-27-18)26-22(30)16-8-11(24)7-15-19(16)25-17-4-2-10(23)6-13(17)20(15)29/h2-9H,1H3,(H,25,29)(H2,26,27,28,30). The summed E-state index contributed by atoms with van der Waals surface area (Å²) < 4.78 is 33.1. The maximum atomic E-state index is 14.3. The lowest BCUT2D eigenvalue weighted by Gasteiger charge is -2.09. The van der Waals surface area contributed by atoms with Crippen LogP contribution in [0.2, 0.25) is 0 Å². The summed E-state index contributed by atoms with van der Waals surface area (Å²) in [5.74, 6) is -1.23. The molecule has 2 heterocycles. The number of pyridine rings is 1. The molecule has 0 fully saturated rings. The fraction of sp³-hybridized carbons (Fsp3) is 0.0455. The molecule has 0 saturated heterocycles. The number of anilines is 1. The first-order valence-corrected chi connectivity index (χ1v) is 9.23. The highest BCUT2D eigenvalue weighted by Gasteiger charge is 2.18. The summed E-state index contributed by atoms with van der Waals surface area (Å²) in [5.41, 5.74) is 0.473. The molecule has 5 rings (SSSR count). The number of carbonyl (C=O) groups excluding carboxylic acids is 1. The molecule has 0 radical (unpaired) electrons. The van der Waals surface area contributed by atoms with Crippen LogP contribution in [-0.2, 0) is 0 Å². The summed E-state index contributed by atoms with van der Waals surface area (Å²) in [6.45, 7) is 0. The third-order valence-electron chi connectivity index (χ3n) is 5.08. The van der Waals surface area contributed by atoms with Gasteiger partial charge in [0.25, 0.3) is 5.91 Å². The topological polar surface area (TPSA) is 99.9 Å². The zero-order valence-electron chi connectivity index (χ0n) is 16.0. The van der Waals surface area contributed by atoms with Crippen molar-refractivity contribution in [1.29, 1.82) is 0 Å². The molecular formula is C22H14F2N4O3. The van der Waals surface area contributed by atoms with Gasteiger partial charge in [0.05, 0.1) is 23.7 Å². The lowest BCUT2D eigenvalue weighted by molar-refractivity contribution is 0.102. The number of H-pyrrole nitrogens is 2. The van der Waals surface area contributed by atoms with Gasteiger partial charge in [-0.1, -0.05) is 0 Å². The number of carbonyl (C=O) groups is 1. The van der Waals surface area contributed by atoms with Crippen LogP contribution in [0.5, 0.6) is 5.75 Å². The van der Waals surface area contributed by atoms with Gasteiger partial charge in [-0.05, 0) is 48.5 Å². The summed E-state index contributed by atoms with van der Waals surface area (Å²) in [6, 6.07) is 10.9. The summed E-state index contributed by atoms with van der Waals surface area (Å²) in [7, 11) is 1.52. The molecule has 0 spiro atoms. The summed E-state index contributed by atoms with van der Waals surface area (Å²) >= 11 is 0. The fourth-order valence-corrected chi connectivity index (χ4v) is 3.58. The second-order valence-electron chi connectivity index (χ2n) is 6.96. The normalized spacial score (nSPS) is 11.3. The number of rotatable bonds is 3. The molecule has 154 valence electrons. The first-order chi connectivity index (χ1) is 14.9. The molecule has 0 aliphatic heterocycles. The van der Waals surface area contributed by atoms with E-state index in [0.29, 0.717) is 22.2 Å². The van der Waals surface area contributed by atoms with Gasteiger partial charge in [-0.25, -0.2) is 8.78 Å². The Morgan fingerprint density at radius 3 is 2.55 bits per heavy atom. The van der Waals surface area contributed by atoms with Gasteiger partial charge in [0.2, 0.25) is 0 Å². The van der Waals surface area contributed by atoms with Crippen LogP contribution in [0.1, 0.15) is 10.4 Å². The summed E-state index contributed by atoms with van der Waals surface area (Å²) in [5, 5.41) is 10.1. The largest absolute Gasteiger partial charge is 0.497 e. The molecule has 0 aliphatic rings. The van der Waals surface area contributed by atoms with Gasteiger partial charge >= 0.3 is 0 Å². The molecule has 31 heavy (non-hydrogen) atoms. The quantitative estimate of drug-likeness (QED) is 0.383. The van der Waals surface area contributed by atoms with Crippen molar-refractivity contribution in [3.8, 4) is 5.75 Å². The Morgan fingerprint density at radius 2 is 1.74 bits per heavy atom. The van der Waals surface area contributed by atoms with Crippen molar-refractivity contribution in [3.05, 3.63) is 76.0 Å². The molecule has 0 saturated carbocycles. The minimum absolute atomic E-state index is 0.0585. The van der Waals surface area contributed by atoms with Gasteiger partial charge in [-0.15, -0.1) is 0 Å². The number of amides is 1. The van der Waals surface area contributed by atoms with Crippen molar-refractivity contribution in [3.63, 3.8) is 0 Å². The Labute approximate surface area is 172 Å². The predicted octanol–water partition coefficient (Wildman–Crippen LogP) is 4.10. The Hall–Kier alpha value is -4.27. The van der Waals surface area contributed by atoms with Gasteiger partial charge in [0.15, 0.2) is 11.2 Å². The highest BCUT2D eigenvalue weighted by molar-refractivity contribution is 6.14. The van der Waals surface area contributed by atoms with Crippen LogP contribution in [0.3, 0.4) is 0 Å². The number of ether oxygens (including phenoxy) is 1. The van der Waals surface area contributed by atoms with Crippen LogP contribution in [0.25, 0.3) is 32.7 Å². The Kier molecular flexibility index (Phi) is 4.18. The van der Waals surface area contributed by atoms with Crippen molar-refractivity contribution in [2.75, 3.05) is 12.4 Å². The van der Waals surface area contributed by atoms with E-state index in [1.807, 2.05) is 0 Å². The van der Waals surface area contributed by atoms with Crippen molar-refractivity contribution in [1.82, 2.24) is 15.2 Å². The van der Waals surface area contributed by atoms with Crippen LogP contribution in [-0.4, -0.2) is 28.2 Å². The van der Waals surface area contributed by atoms with E-state index in [1.165, 1.54) is 19.2 Å². The van der Waals surface area contributed by atoms with Gasteiger partial charge < -0.3 is 15.0 Å². The number of hydrogen-bond donors (Lipinski definition) is 3. The maximum absolute atomic E-state index is 14.3. The predicted molar refractivity (Wildman–Crippen MR) is 113 cm³/mol. The molecule has 1 amide bonds. The van der Waals surface area contributed by atoms with Crippen LogP contribution < -0.4 is 15.5 Å². The van der Waals surface area contributed by atoms with E-state index in [9.17, 15) is 18.4 Å².